The molecule has 0 aliphatic rings. The third kappa shape index (κ3) is 7.09. The first-order chi connectivity index (χ1) is 14.8. The molecule has 5 nitrogen and oxygen atoms in total. The van der Waals surface area contributed by atoms with Gasteiger partial charge in [0.15, 0.2) is 17.5 Å². The lowest BCUT2D eigenvalue weighted by Crippen LogP contribution is -2.41. The molecule has 1 aromatic heterocycles. The van der Waals surface area contributed by atoms with Gasteiger partial charge in [-0.1, -0.05) is 102 Å². The highest BCUT2D eigenvalue weighted by Gasteiger charge is 2.44. The summed E-state index contributed by atoms with van der Waals surface area (Å²) in [7, 11) is 0. The Balaban J connectivity index is 2.41. The second kappa shape index (κ2) is 10.0. The summed E-state index contributed by atoms with van der Waals surface area (Å²) in [6.45, 7) is 11.7. The molecule has 1 unspecified atom stereocenters. The lowest BCUT2D eigenvalue weighted by Gasteiger charge is -2.37. The molecule has 0 radical (unpaired) electrons. The largest absolute Gasteiger partial charge is 0.426 e. The van der Waals surface area contributed by atoms with Crippen molar-refractivity contribution in [3.8, 4) is 17.1 Å². The van der Waals surface area contributed by atoms with Crippen LogP contribution in [0.15, 0.2) is 35.9 Å². The molecule has 1 heterocycles. The number of alkyl halides is 6. The number of hydrogen-bond acceptors (Lipinski definition) is 5. The standard InChI is InChI=1S/C22H23Cl6N3O2/c1-12(2)11-20(6,19(3,4)5)18(32)33-14-9-7-13(8-10-14)15-29-16(21(23,24)25)31-17(30-15)22(26,27)28/h7-11H,1-6H3. The van der Waals surface area contributed by atoms with Gasteiger partial charge >= 0.3 is 5.97 Å². The van der Waals surface area contributed by atoms with Crippen LogP contribution in [0.1, 0.15) is 53.2 Å². The fraction of sp³-hybridized carbons (Fsp3) is 0.455. The molecule has 0 amide bonds. The zero-order valence-corrected chi connectivity index (χ0v) is 23.3. The lowest BCUT2D eigenvalue weighted by atomic mass is 9.67. The highest BCUT2D eigenvalue weighted by molar-refractivity contribution is 6.67. The van der Waals surface area contributed by atoms with Gasteiger partial charge in [0.1, 0.15) is 5.75 Å². The van der Waals surface area contributed by atoms with Crippen molar-refractivity contribution in [3.05, 3.63) is 47.6 Å². The van der Waals surface area contributed by atoms with Crippen molar-refractivity contribution in [3.63, 3.8) is 0 Å². The molecule has 0 saturated carbocycles. The van der Waals surface area contributed by atoms with Gasteiger partial charge in [-0.05, 0) is 50.5 Å². The molecule has 1 atom stereocenters. The Kier molecular flexibility index (Phi) is 8.65. The summed E-state index contributed by atoms with van der Waals surface area (Å²) in [6.07, 6.45) is 1.92. The summed E-state index contributed by atoms with van der Waals surface area (Å²) >= 11 is 35.5. The third-order valence-corrected chi connectivity index (χ3v) is 6.04. The monoisotopic (exact) mass is 571 g/mol. The summed E-state index contributed by atoms with van der Waals surface area (Å²) in [5.74, 6) is -0.302. The van der Waals surface area contributed by atoms with E-state index < -0.39 is 13.0 Å². The molecule has 0 aliphatic carbocycles. The number of rotatable bonds is 4. The number of halogens is 6. The number of ether oxygens (including phenoxy) is 1. The predicted octanol–water partition coefficient (Wildman–Crippen LogP) is 8.12. The van der Waals surface area contributed by atoms with Crippen LogP contribution in [0.2, 0.25) is 0 Å². The van der Waals surface area contributed by atoms with Gasteiger partial charge < -0.3 is 4.74 Å². The van der Waals surface area contributed by atoms with Crippen LogP contribution in [0.4, 0.5) is 0 Å². The van der Waals surface area contributed by atoms with Crippen molar-refractivity contribution < 1.29 is 9.53 Å². The Morgan fingerprint density at radius 2 is 1.27 bits per heavy atom. The molecule has 0 spiro atoms. The number of nitrogens with zero attached hydrogens (tertiary/aromatic N) is 3. The molecule has 0 saturated heterocycles. The maximum absolute atomic E-state index is 13.1. The van der Waals surface area contributed by atoms with E-state index in [1.807, 2.05) is 47.6 Å². The molecule has 1 aromatic carbocycles. The molecule has 0 bridgehead atoms. The predicted molar refractivity (Wildman–Crippen MR) is 136 cm³/mol. The first-order valence-electron chi connectivity index (χ1n) is 9.74. The normalized spacial score (nSPS) is 14.4. The van der Waals surface area contributed by atoms with E-state index in [9.17, 15) is 4.79 Å². The van der Waals surface area contributed by atoms with Crippen molar-refractivity contribution in [1.82, 2.24) is 15.0 Å². The van der Waals surface area contributed by atoms with E-state index in [-0.39, 0.29) is 28.9 Å². The fourth-order valence-electron chi connectivity index (χ4n) is 2.80. The van der Waals surface area contributed by atoms with Gasteiger partial charge in [-0.3, -0.25) is 4.79 Å². The van der Waals surface area contributed by atoms with Crippen molar-refractivity contribution in [2.45, 2.75) is 49.1 Å². The highest BCUT2D eigenvalue weighted by atomic mass is 35.6. The van der Waals surface area contributed by atoms with Gasteiger partial charge in [0.2, 0.25) is 7.59 Å². The SMILES string of the molecule is CC(C)=CC(C)(C(=O)Oc1ccc(-c2nc(C(Cl)(Cl)Cl)nc(C(Cl)(Cl)Cl)n2)cc1)C(C)(C)C. The zero-order chi connectivity index (χ0) is 25.4. The third-order valence-electron chi connectivity index (χ3n) is 5.02. The quantitative estimate of drug-likeness (QED) is 0.160. The van der Waals surface area contributed by atoms with E-state index in [1.54, 1.807) is 24.3 Å². The summed E-state index contributed by atoms with van der Waals surface area (Å²) < 4.78 is 1.77. The first kappa shape index (κ1) is 28.4. The number of hydrogen-bond donors (Lipinski definition) is 0. The van der Waals surface area contributed by atoms with Crippen molar-refractivity contribution in [2.75, 3.05) is 0 Å². The Bertz CT molecular complexity index is 1020. The highest BCUT2D eigenvalue weighted by Crippen LogP contribution is 2.43. The van der Waals surface area contributed by atoms with Crippen LogP contribution in [0.3, 0.4) is 0 Å². The number of esters is 1. The summed E-state index contributed by atoms with van der Waals surface area (Å²) in [4.78, 5) is 25.4. The van der Waals surface area contributed by atoms with Crippen LogP contribution >= 0.6 is 69.6 Å². The number of carbonyl (C=O) groups excluding carboxylic acids is 1. The average Bonchev–Trinajstić information content (AvgIpc) is 2.65. The van der Waals surface area contributed by atoms with E-state index in [0.717, 1.165) is 5.57 Å². The molecule has 0 fully saturated rings. The van der Waals surface area contributed by atoms with E-state index in [2.05, 4.69) is 15.0 Å². The van der Waals surface area contributed by atoms with Crippen molar-refractivity contribution >= 4 is 75.6 Å². The number of aromatic nitrogens is 3. The van der Waals surface area contributed by atoms with Crippen LogP contribution < -0.4 is 4.74 Å². The Morgan fingerprint density at radius 1 is 0.818 bits per heavy atom. The minimum Gasteiger partial charge on any atom is -0.426 e. The summed E-state index contributed by atoms with van der Waals surface area (Å²) in [5.41, 5.74) is 0.320. The zero-order valence-electron chi connectivity index (χ0n) is 18.8. The minimum atomic E-state index is -1.96. The number of benzene rings is 1. The van der Waals surface area contributed by atoms with Gasteiger partial charge in [0, 0.05) is 5.56 Å². The Labute approximate surface area is 223 Å². The maximum atomic E-state index is 13.1. The molecule has 2 aromatic rings. The molecular formula is C22H23Cl6N3O2. The fourth-order valence-corrected chi connectivity index (χ4v) is 3.31. The Morgan fingerprint density at radius 3 is 1.64 bits per heavy atom. The topological polar surface area (TPSA) is 65.0 Å². The van der Waals surface area contributed by atoms with E-state index in [4.69, 9.17) is 74.3 Å². The van der Waals surface area contributed by atoms with Gasteiger partial charge in [0.05, 0.1) is 5.41 Å². The molecule has 0 N–H and O–H groups in total. The van der Waals surface area contributed by atoms with E-state index >= 15 is 0 Å². The van der Waals surface area contributed by atoms with Crippen LogP contribution in [-0.2, 0) is 12.4 Å². The van der Waals surface area contributed by atoms with Crippen LogP contribution in [-0.4, -0.2) is 20.9 Å². The molecule has 180 valence electrons. The van der Waals surface area contributed by atoms with Crippen LogP contribution in [0.5, 0.6) is 5.75 Å². The molecule has 2 rings (SSSR count). The number of carbonyl (C=O) groups is 1. The van der Waals surface area contributed by atoms with Gasteiger partial charge in [-0.2, -0.15) is 0 Å². The van der Waals surface area contributed by atoms with E-state index in [0.29, 0.717) is 11.3 Å². The van der Waals surface area contributed by atoms with Crippen molar-refractivity contribution in [1.29, 1.82) is 0 Å². The molecule has 33 heavy (non-hydrogen) atoms. The molecular weight excluding hydrogens is 551 g/mol. The molecule has 0 aliphatic heterocycles. The van der Waals surface area contributed by atoms with E-state index in [1.165, 1.54) is 0 Å². The second-order valence-corrected chi connectivity index (χ2v) is 13.5. The molecule has 11 heteroatoms. The van der Waals surface area contributed by atoms with Crippen LogP contribution in [0.25, 0.3) is 11.4 Å². The van der Waals surface area contributed by atoms with Crippen LogP contribution in [0, 0.1) is 10.8 Å². The number of allylic oxidation sites excluding steroid dienone is 1. The minimum absolute atomic E-state index is 0.120. The van der Waals surface area contributed by atoms with Gasteiger partial charge in [-0.25, -0.2) is 15.0 Å². The summed E-state index contributed by atoms with van der Waals surface area (Å²) in [6, 6.07) is 6.48. The smallest absolute Gasteiger partial charge is 0.321 e. The van der Waals surface area contributed by atoms with Gasteiger partial charge in [-0.15, -0.1) is 0 Å². The Hall–Kier alpha value is -0.820. The maximum Gasteiger partial charge on any atom is 0.321 e. The first-order valence-corrected chi connectivity index (χ1v) is 12.0. The second-order valence-electron chi connectivity index (χ2n) is 8.89. The lowest BCUT2D eigenvalue weighted by molar-refractivity contribution is -0.147. The average molecular weight is 574 g/mol. The summed E-state index contributed by atoms with van der Waals surface area (Å²) in [5, 5.41) is 0. The van der Waals surface area contributed by atoms with Crippen molar-refractivity contribution in [2.24, 2.45) is 10.8 Å². The van der Waals surface area contributed by atoms with Gasteiger partial charge in [0.25, 0.3) is 0 Å².